The van der Waals surface area contributed by atoms with E-state index < -0.39 is 201 Å². The summed E-state index contributed by atoms with van der Waals surface area (Å²) in [5.41, 5.74) is 1.96. The van der Waals surface area contributed by atoms with Crippen LogP contribution >= 0.6 is 0 Å². The van der Waals surface area contributed by atoms with Crippen molar-refractivity contribution >= 4 is 72.4 Å². The van der Waals surface area contributed by atoms with Gasteiger partial charge in [0, 0.05) is 38.2 Å². The second-order valence-corrected chi connectivity index (χ2v) is 22.4. The summed E-state index contributed by atoms with van der Waals surface area (Å²) >= 11 is 0. The molecule has 3 aromatic heterocycles. The molecule has 11 aromatic carbocycles. The third-order valence-electron chi connectivity index (χ3n) is 15.0. The summed E-state index contributed by atoms with van der Waals surface area (Å²) in [4.78, 5) is 14.7. The number of benzene rings is 11. The van der Waals surface area contributed by atoms with E-state index >= 15 is 0 Å². The maximum absolute atomic E-state index is 11.0. The lowest BCUT2D eigenvalue weighted by molar-refractivity contribution is 0.436. The first-order valence-corrected chi connectivity index (χ1v) is 26.6. The molecule has 0 unspecified atom stereocenters. The van der Waals surface area contributed by atoms with Crippen molar-refractivity contribution in [2.45, 2.75) is 5.41 Å². The minimum atomic E-state index is -4.44. The van der Waals surface area contributed by atoms with Crippen molar-refractivity contribution in [3.8, 4) is 45.9 Å². The van der Waals surface area contributed by atoms with Crippen LogP contribution in [0.25, 0.3) is 78.0 Å². The molecular weight excluding hydrogens is 955 g/mol. The second kappa shape index (κ2) is 16.8. The van der Waals surface area contributed by atoms with Gasteiger partial charge in [-0.3, -0.25) is 9.13 Å². The van der Waals surface area contributed by atoms with Crippen molar-refractivity contribution in [2.75, 3.05) is 0 Å². The molecule has 77 heavy (non-hydrogen) atoms. The fourth-order valence-corrected chi connectivity index (χ4v) is 16.5. The molecule has 0 atom stereocenters. The van der Waals surface area contributed by atoms with E-state index in [0.29, 0.717) is 27.1 Å². The van der Waals surface area contributed by atoms with Gasteiger partial charge < -0.3 is 4.74 Å². The molecule has 1 spiro atoms. The smallest absolute Gasteiger partial charge is 0.240 e. The Morgan fingerprint density at radius 2 is 0.831 bits per heavy atom. The first-order chi connectivity index (χ1) is 46.5. The topological polar surface area (TPSA) is 57.8 Å². The van der Waals surface area contributed by atoms with E-state index in [9.17, 15) is 16.4 Å². The van der Waals surface area contributed by atoms with Crippen LogP contribution in [0.4, 0.5) is 0 Å². The van der Waals surface area contributed by atoms with E-state index in [1.165, 1.54) is 0 Å². The van der Waals surface area contributed by atoms with Crippen LogP contribution in [0.5, 0.6) is 11.5 Å². The number of para-hydroxylation sites is 5. The summed E-state index contributed by atoms with van der Waals surface area (Å²) in [6.07, 6.45) is 0. The molecule has 0 bridgehead atoms. The standard InChI is InChI=1S/C70H45N5OSi/c1-3-23-47(24-4-1)77(48-25-5-2-6-26-48,50-42-43-66-60(45-50)70(59-36-15-20-41-65(59)76-66)57-34-13-7-28-51(57)52-29-8-14-35-58(52)70)49-27-21-22-46(44-49)67-71-68(74-61-37-16-9-30-53(61)54-31-10-17-38-62(54)74)73-69(72-67)75-63-39-18-11-32-55(63)56-33-12-19-40-64(56)75/h1-45H/i9D,10D,11D,12D,16D,17D,18D,19D,21D,22D,27D,30D,31D,32D,33D,37D,38D,39D,40D,44D. The van der Waals surface area contributed by atoms with Gasteiger partial charge in [0.05, 0.1) is 54.9 Å². The van der Waals surface area contributed by atoms with Crippen molar-refractivity contribution in [1.82, 2.24) is 24.1 Å². The maximum Gasteiger partial charge on any atom is 0.240 e. The highest BCUT2D eigenvalue weighted by Gasteiger charge is 2.52. The largest absolute Gasteiger partial charge is 0.457 e. The third-order valence-corrected chi connectivity index (χ3v) is 19.6. The number of ether oxygens (including phenoxy) is 1. The Kier molecular flexibility index (Phi) is 6.12. The molecular formula is C70H45N5OSi. The summed E-state index contributed by atoms with van der Waals surface area (Å²) < 4.78 is 197. The molecule has 7 heteroatoms. The predicted molar refractivity (Wildman–Crippen MR) is 315 cm³/mol. The van der Waals surface area contributed by atoms with Gasteiger partial charge in [0.1, 0.15) is 11.5 Å². The fraction of sp³-hybridized carbons (Fsp3) is 0.0143. The zero-order valence-electron chi connectivity index (χ0n) is 60.1. The molecule has 16 rings (SSSR count). The lowest BCUT2D eigenvalue weighted by Crippen LogP contribution is -2.74. The number of hydrogen-bond donors (Lipinski definition) is 0. The zero-order valence-corrected chi connectivity index (χ0v) is 41.1. The number of nitrogens with zero attached hydrogens (tertiary/aromatic N) is 5. The summed E-state index contributed by atoms with van der Waals surface area (Å²) in [5, 5.41) is 0.160. The van der Waals surface area contributed by atoms with Crippen LogP contribution in [0, 0.1) is 0 Å². The van der Waals surface area contributed by atoms with Crippen LogP contribution in [0.15, 0.2) is 273 Å². The average Bonchev–Trinajstić information content (AvgIpc) is 1.65. The van der Waals surface area contributed by atoms with Gasteiger partial charge in [0.25, 0.3) is 0 Å². The Hall–Kier alpha value is -9.95. The van der Waals surface area contributed by atoms with Gasteiger partial charge in [0.15, 0.2) is 13.9 Å². The average molecular weight is 1020 g/mol. The van der Waals surface area contributed by atoms with E-state index in [1.807, 2.05) is 121 Å². The third kappa shape index (κ3) is 6.14. The highest BCUT2D eigenvalue weighted by molar-refractivity contribution is 7.20. The minimum absolute atomic E-state index is 0.0528. The molecule has 0 radical (unpaired) electrons. The van der Waals surface area contributed by atoms with Crippen molar-refractivity contribution in [3.63, 3.8) is 0 Å². The van der Waals surface area contributed by atoms with E-state index in [4.69, 9.17) is 30.7 Å². The quantitative estimate of drug-likeness (QED) is 0.118. The van der Waals surface area contributed by atoms with Crippen LogP contribution in [0.1, 0.15) is 49.7 Å². The van der Waals surface area contributed by atoms with Crippen LogP contribution in [-0.4, -0.2) is 32.2 Å². The van der Waals surface area contributed by atoms with E-state index in [1.54, 1.807) is 0 Å². The molecule has 0 amide bonds. The lowest BCUT2D eigenvalue weighted by Gasteiger charge is -2.41. The summed E-state index contributed by atoms with van der Waals surface area (Å²) in [6, 6.07) is 33.5. The van der Waals surface area contributed by atoms with Crippen molar-refractivity contribution < 1.29 is 32.2 Å². The Labute approximate surface area is 473 Å². The highest BCUT2D eigenvalue weighted by Crippen LogP contribution is 2.61. The monoisotopic (exact) mass is 1020 g/mol. The van der Waals surface area contributed by atoms with Crippen LogP contribution in [-0.2, 0) is 5.41 Å². The van der Waals surface area contributed by atoms with E-state index in [-0.39, 0.29) is 5.19 Å². The van der Waals surface area contributed by atoms with Crippen LogP contribution in [0.3, 0.4) is 0 Å². The predicted octanol–water partition coefficient (Wildman–Crippen LogP) is 13.6. The van der Waals surface area contributed by atoms with Gasteiger partial charge in [-0.05, 0) is 79.3 Å². The fourth-order valence-electron chi connectivity index (χ4n) is 11.9. The SMILES string of the molecule is [2H]c1c([2H])c(-c2nc(-n3c4c([2H])c([2H])c([2H])c([2H])c4c4c([2H])c([2H])c([2H])c([2H])c43)nc(-n3c4c([2H])c([2H])c([2H])c([2H])c4c4c([2H])c([2H])c([2H])c([2H])c43)n2)c([2H])c([Si](c2ccccc2)(c2ccccc2)c2ccc3c(c2)C2(c4ccccc4O3)c3ccccc3-c3ccccc32)c1[2H]. The Morgan fingerprint density at radius 1 is 0.377 bits per heavy atom. The normalized spacial score (nSPS) is 16.8. The summed E-state index contributed by atoms with van der Waals surface area (Å²) in [7, 11) is -4.44. The molecule has 1 aliphatic heterocycles. The van der Waals surface area contributed by atoms with Crippen molar-refractivity contribution in [1.29, 1.82) is 0 Å². The Morgan fingerprint density at radius 3 is 1.36 bits per heavy atom. The van der Waals surface area contributed by atoms with Gasteiger partial charge in [0.2, 0.25) is 11.9 Å². The zero-order chi connectivity index (χ0) is 68.1. The Bertz CT molecular complexity index is 5490. The molecule has 1 aliphatic carbocycles. The molecule has 0 N–H and O–H groups in total. The number of aromatic nitrogens is 5. The molecule has 4 heterocycles. The number of hydrogen-bond acceptors (Lipinski definition) is 4. The lowest BCUT2D eigenvalue weighted by atomic mass is 9.66. The second-order valence-electron chi connectivity index (χ2n) is 18.7. The highest BCUT2D eigenvalue weighted by atomic mass is 28.3. The molecule has 14 aromatic rings. The van der Waals surface area contributed by atoms with E-state index in [2.05, 4.69) is 30.3 Å². The molecule has 0 fully saturated rings. The van der Waals surface area contributed by atoms with E-state index in [0.717, 1.165) is 42.5 Å². The molecule has 360 valence electrons. The maximum atomic E-state index is 11.0. The van der Waals surface area contributed by atoms with Gasteiger partial charge in [-0.15, -0.1) is 0 Å². The summed E-state index contributed by atoms with van der Waals surface area (Å²) in [5.74, 6) is -1.06. The van der Waals surface area contributed by atoms with Crippen molar-refractivity contribution in [2.24, 2.45) is 0 Å². The van der Waals surface area contributed by atoms with Crippen molar-refractivity contribution in [3.05, 3.63) is 295 Å². The van der Waals surface area contributed by atoms with Gasteiger partial charge in [-0.25, -0.2) is 0 Å². The van der Waals surface area contributed by atoms with Gasteiger partial charge in [-0.2, -0.15) is 15.0 Å². The van der Waals surface area contributed by atoms with Crippen LogP contribution < -0.4 is 25.5 Å². The molecule has 2 aliphatic rings. The Balaban J connectivity index is 1.09. The van der Waals surface area contributed by atoms with Crippen LogP contribution in [0.2, 0.25) is 0 Å². The minimum Gasteiger partial charge on any atom is -0.457 e. The van der Waals surface area contributed by atoms with Gasteiger partial charge in [-0.1, -0.05) is 236 Å². The summed E-state index contributed by atoms with van der Waals surface area (Å²) in [6.45, 7) is 0. The van der Waals surface area contributed by atoms with Gasteiger partial charge >= 0.3 is 0 Å². The molecule has 6 nitrogen and oxygen atoms in total. The first kappa shape index (κ1) is 28.1. The molecule has 0 saturated heterocycles. The molecule has 0 saturated carbocycles. The number of fused-ring (bicyclic) bond motifs is 15. The number of rotatable bonds is 7. The first-order valence-electron chi connectivity index (χ1n) is 34.6.